The number of ether oxygens (including phenoxy) is 3. The predicted molar refractivity (Wildman–Crippen MR) is 161 cm³/mol. The summed E-state index contributed by atoms with van der Waals surface area (Å²) in [5.41, 5.74) is -0.540. The van der Waals surface area contributed by atoms with Crippen LogP contribution in [0.1, 0.15) is 54.4 Å². The molecule has 3 N–H and O–H groups in total. The van der Waals surface area contributed by atoms with E-state index in [0.29, 0.717) is 30.7 Å². The minimum atomic E-state index is -0.940. The van der Waals surface area contributed by atoms with Crippen molar-refractivity contribution in [3.63, 3.8) is 0 Å². The number of hydrogen-bond donors (Lipinski definition) is 4. The number of hydrogen-bond acceptors (Lipinski definition) is 9. The van der Waals surface area contributed by atoms with Crippen molar-refractivity contribution < 1.29 is 38.5 Å². The number of carbonyl (C=O) groups excluding carboxylic acids is 4. The van der Waals surface area contributed by atoms with Crippen molar-refractivity contribution >= 4 is 46.7 Å². The predicted octanol–water partition coefficient (Wildman–Crippen LogP) is 3.03. The van der Waals surface area contributed by atoms with Gasteiger partial charge < -0.3 is 34.9 Å². The normalized spacial score (nSPS) is 15.3. The molecule has 1 atom stereocenters. The molecule has 0 saturated carbocycles. The number of nitrogens with one attached hydrogen (secondary N) is 2. The molecule has 1 saturated heterocycles. The van der Waals surface area contributed by atoms with Crippen LogP contribution >= 0.6 is 22.7 Å². The maximum Gasteiger partial charge on any atom is 0.410 e. The summed E-state index contributed by atoms with van der Waals surface area (Å²) in [6, 6.07) is -0.940. The van der Waals surface area contributed by atoms with Crippen LogP contribution in [0.25, 0.3) is 0 Å². The van der Waals surface area contributed by atoms with Crippen LogP contribution < -0.4 is 10.6 Å². The molecule has 39 heavy (non-hydrogen) atoms. The van der Waals surface area contributed by atoms with Crippen molar-refractivity contribution in [1.29, 1.82) is 0 Å². The van der Waals surface area contributed by atoms with E-state index in [-0.39, 0.29) is 40.9 Å². The summed E-state index contributed by atoms with van der Waals surface area (Å²) in [6.07, 6.45) is 7.34. The largest absolute Gasteiger partial charge is 0.468 e. The van der Waals surface area contributed by atoms with Crippen LogP contribution in [-0.2, 0) is 23.8 Å². The van der Waals surface area contributed by atoms with Crippen molar-refractivity contribution in [1.82, 2.24) is 15.5 Å². The lowest BCUT2D eigenvalue weighted by Gasteiger charge is -2.40. The SMILES string of the molecule is CC(C)(C)S(C)(C)C.CO.COC(=O)CNC(=O)C(CS)NC(=O)OCC1CCN(C(=O)OC(C)(C)C)CC1. The summed E-state index contributed by atoms with van der Waals surface area (Å²) >= 11 is 4.03. The quantitative estimate of drug-likeness (QED) is 0.199. The van der Waals surface area contributed by atoms with Gasteiger partial charge in [0.25, 0.3) is 0 Å². The highest BCUT2D eigenvalue weighted by molar-refractivity contribution is 8.33. The fourth-order valence-corrected chi connectivity index (χ4v) is 2.79. The van der Waals surface area contributed by atoms with Crippen LogP contribution in [0.2, 0.25) is 0 Å². The minimum absolute atomic E-state index is 0.0381. The minimum Gasteiger partial charge on any atom is -0.468 e. The molecule has 0 aromatic carbocycles. The average Bonchev–Trinajstić information content (AvgIpc) is 2.84. The Labute approximate surface area is 242 Å². The van der Waals surface area contributed by atoms with Gasteiger partial charge in [-0.15, -0.1) is 0 Å². The van der Waals surface area contributed by atoms with E-state index in [1.807, 2.05) is 20.8 Å². The number of esters is 1. The first-order valence-electron chi connectivity index (χ1n) is 12.8. The van der Waals surface area contributed by atoms with Crippen molar-refractivity contribution in [2.75, 3.05) is 65.0 Å². The molecule has 0 bridgehead atoms. The van der Waals surface area contributed by atoms with Gasteiger partial charge in [0.15, 0.2) is 0 Å². The van der Waals surface area contributed by atoms with E-state index in [2.05, 4.69) is 67.5 Å². The number of piperidine rings is 1. The Morgan fingerprint density at radius 3 is 1.90 bits per heavy atom. The third kappa shape index (κ3) is 18.2. The number of nitrogens with zero attached hydrogens (tertiary/aromatic N) is 1. The Balaban J connectivity index is 0. The van der Waals surface area contributed by atoms with E-state index >= 15 is 0 Å². The van der Waals surface area contributed by atoms with E-state index < -0.39 is 29.6 Å². The number of methoxy groups -OCH3 is 1. The molecule has 0 aromatic heterocycles. The lowest BCUT2D eigenvalue weighted by molar-refractivity contribution is -0.141. The summed E-state index contributed by atoms with van der Waals surface area (Å²) in [6.45, 7) is 13.3. The van der Waals surface area contributed by atoms with Crippen LogP contribution in [0, 0.1) is 5.92 Å². The zero-order valence-corrected chi connectivity index (χ0v) is 27.4. The highest BCUT2D eigenvalue weighted by Gasteiger charge is 2.28. The van der Waals surface area contributed by atoms with Gasteiger partial charge in [-0.1, -0.05) is 20.8 Å². The van der Waals surface area contributed by atoms with E-state index in [1.165, 1.54) is 7.11 Å². The van der Waals surface area contributed by atoms with Crippen molar-refractivity contribution in [2.24, 2.45) is 5.92 Å². The number of carbonyl (C=O) groups is 4. The zero-order chi connectivity index (χ0) is 31.0. The molecule has 0 aromatic rings. The van der Waals surface area contributed by atoms with Gasteiger partial charge >= 0.3 is 18.2 Å². The van der Waals surface area contributed by atoms with Gasteiger partial charge in [-0.25, -0.2) is 19.6 Å². The molecule has 232 valence electrons. The smallest absolute Gasteiger partial charge is 0.410 e. The van der Waals surface area contributed by atoms with E-state index in [0.717, 1.165) is 7.11 Å². The lowest BCUT2D eigenvalue weighted by atomic mass is 9.98. The van der Waals surface area contributed by atoms with Crippen LogP contribution in [0.5, 0.6) is 0 Å². The molecule has 3 amide bonds. The van der Waals surface area contributed by atoms with Crippen LogP contribution in [-0.4, -0.2) is 115 Å². The molecular weight excluding hydrogens is 546 g/mol. The van der Waals surface area contributed by atoms with E-state index in [4.69, 9.17) is 14.6 Å². The maximum absolute atomic E-state index is 12.1. The molecule has 0 radical (unpaired) electrons. The molecule has 1 rings (SSSR count). The Bertz CT molecular complexity index is 742. The topological polar surface area (TPSA) is 143 Å². The van der Waals surface area contributed by atoms with Crippen LogP contribution in [0.15, 0.2) is 0 Å². The second-order valence-electron chi connectivity index (χ2n) is 11.6. The number of thiol groups is 1. The molecule has 1 unspecified atom stereocenters. The van der Waals surface area contributed by atoms with Crippen LogP contribution in [0.4, 0.5) is 9.59 Å². The highest BCUT2D eigenvalue weighted by Crippen LogP contribution is 2.48. The first kappa shape index (κ1) is 39.3. The first-order chi connectivity index (χ1) is 17.8. The third-order valence-corrected chi connectivity index (χ3v) is 10.0. The number of rotatable bonds is 7. The fourth-order valence-electron chi connectivity index (χ4n) is 2.53. The molecule has 1 fully saturated rings. The summed E-state index contributed by atoms with van der Waals surface area (Å²) in [5.74, 6) is -1.01. The first-order valence-corrected chi connectivity index (χ1v) is 16.3. The summed E-state index contributed by atoms with van der Waals surface area (Å²) in [5, 5.41) is 11.8. The number of likely N-dealkylation sites (tertiary alicyclic amines) is 1. The van der Waals surface area contributed by atoms with Gasteiger partial charge in [-0.3, -0.25) is 9.59 Å². The molecule has 11 nitrogen and oxygen atoms in total. The summed E-state index contributed by atoms with van der Waals surface area (Å²) in [4.78, 5) is 48.7. The number of aliphatic hydroxyl groups excluding tert-OH is 1. The van der Waals surface area contributed by atoms with Crippen molar-refractivity contribution in [3.8, 4) is 0 Å². The summed E-state index contributed by atoms with van der Waals surface area (Å²) in [7, 11) is 1.87. The maximum atomic E-state index is 12.1. The average molecular weight is 600 g/mol. The molecule has 0 aliphatic carbocycles. The van der Waals surface area contributed by atoms with Crippen molar-refractivity contribution in [2.45, 2.75) is 70.8 Å². The molecule has 1 heterocycles. The highest BCUT2D eigenvalue weighted by atomic mass is 32.3. The molecule has 0 spiro atoms. The Morgan fingerprint density at radius 2 is 1.51 bits per heavy atom. The Morgan fingerprint density at radius 1 is 1.03 bits per heavy atom. The number of alkyl carbamates (subject to hydrolysis) is 1. The van der Waals surface area contributed by atoms with Crippen molar-refractivity contribution in [3.05, 3.63) is 0 Å². The standard InChI is InChI=1S/C18H31N3O7S.C7H18S.CH4O/c1-18(2,3)28-17(25)21-7-5-12(6-8-21)10-27-16(24)20-13(11-29)15(23)19-9-14(22)26-4;1-7(2,3)8(4,5)6;1-2/h12-13,29H,5-11H2,1-4H3,(H,19,23)(H,20,24);1-6H3;2H,1H3. The summed E-state index contributed by atoms with van der Waals surface area (Å²) < 4.78 is 15.5. The molecule has 1 aliphatic heterocycles. The lowest BCUT2D eigenvalue weighted by Crippen LogP contribution is -2.49. The zero-order valence-electron chi connectivity index (χ0n) is 25.7. The Kier molecular flexibility index (Phi) is 18.6. The molecular formula is C26H53N3O8S2. The Hall–Kier alpha value is -1.86. The van der Waals surface area contributed by atoms with Gasteiger partial charge in [0.05, 0.1) is 13.7 Å². The molecule has 1 aliphatic rings. The van der Waals surface area contributed by atoms with E-state index in [9.17, 15) is 19.2 Å². The number of amides is 3. The van der Waals surface area contributed by atoms with Gasteiger partial charge in [0.2, 0.25) is 5.91 Å². The second-order valence-corrected chi connectivity index (χ2v) is 16.9. The number of aliphatic hydroxyl groups is 1. The van der Waals surface area contributed by atoms with Gasteiger partial charge in [-0.2, -0.15) is 12.6 Å². The monoisotopic (exact) mass is 599 g/mol. The van der Waals surface area contributed by atoms with E-state index in [1.54, 1.807) is 4.90 Å². The second kappa shape index (κ2) is 18.5. The van der Waals surface area contributed by atoms with Gasteiger partial charge in [-0.05, 0) is 63.0 Å². The third-order valence-electron chi connectivity index (χ3n) is 5.98. The fraction of sp³-hybridized carbons (Fsp3) is 0.846. The van der Waals surface area contributed by atoms with Gasteiger partial charge in [0, 0.05) is 26.0 Å². The molecule has 13 heteroatoms. The van der Waals surface area contributed by atoms with Crippen LogP contribution in [0.3, 0.4) is 0 Å². The van der Waals surface area contributed by atoms with Gasteiger partial charge in [0.1, 0.15) is 18.2 Å².